The average molecular weight is 345 g/mol. The molecule has 1 atom stereocenters. The van der Waals surface area contributed by atoms with Crippen LogP contribution in [0.1, 0.15) is 22.8 Å². The quantitative estimate of drug-likeness (QED) is 0.677. The van der Waals surface area contributed by atoms with Gasteiger partial charge in [-0.2, -0.15) is 0 Å². The van der Waals surface area contributed by atoms with E-state index in [0.717, 1.165) is 0 Å². The number of ether oxygens (including phenoxy) is 1. The third-order valence-electron chi connectivity index (χ3n) is 3.89. The molecule has 26 heavy (non-hydrogen) atoms. The molecule has 0 radical (unpaired) electrons. The molecule has 3 aromatic carbocycles. The monoisotopic (exact) mass is 345 g/mol. The summed E-state index contributed by atoms with van der Waals surface area (Å²) in [4.78, 5) is 25.2. The smallest absolute Gasteiger partial charge is 0.265 e. The van der Waals surface area contributed by atoms with Crippen LogP contribution in [0.2, 0.25) is 0 Å². The molecule has 0 aliphatic rings. The van der Waals surface area contributed by atoms with Crippen molar-refractivity contribution >= 4 is 17.4 Å². The number of hydrogen-bond donors (Lipinski definition) is 1. The van der Waals surface area contributed by atoms with Crippen LogP contribution in [-0.4, -0.2) is 17.8 Å². The predicted molar refractivity (Wildman–Crippen MR) is 101 cm³/mol. The molecule has 0 saturated carbocycles. The molecule has 0 saturated heterocycles. The molecule has 1 N–H and O–H groups in total. The molecule has 0 aromatic heterocycles. The van der Waals surface area contributed by atoms with Gasteiger partial charge in [-0.05, 0) is 31.2 Å². The molecule has 1 amide bonds. The normalized spacial score (nSPS) is 11.4. The first-order valence-corrected chi connectivity index (χ1v) is 8.36. The third-order valence-corrected chi connectivity index (χ3v) is 3.89. The highest BCUT2D eigenvalue weighted by Gasteiger charge is 2.19. The molecular formula is C22H19NO3. The van der Waals surface area contributed by atoms with Crippen LogP contribution >= 0.6 is 0 Å². The van der Waals surface area contributed by atoms with Gasteiger partial charge in [0.15, 0.2) is 11.9 Å². The van der Waals surface area contributed by atoms with Crippen LogP contribution in [0.25, 0.3) is 0 Å². The van der Waals surface area contributed by atoms with Gasteiger partial charge in [-0.3, -0.25) is 9.59 Å². The molecule has 3 rings (SSSR count). The second-order valence-corrected chi connectivity index (χ2v) is 5.80. The molecule has 3 aromatic rings. The van der Waals surface area contributed by atoms with E-state index in [1.807, 2.05) is 36.4 Å². The highest BCUT2D eigenvalue weighted by molar-refractivity contribution is 6.14. The van der Waals surface area contributed by atoms with Gasteiger partial charge in [-0.1, -0.05) is 60.7 Å². The first kappa shape index (κ1) is 17.4. The Labute approximate surface area is 152 Å². The number of carbonyl (C=O) groups excluding carboxylic acids is 2. The lowest BCUT2D eigenvalue weighted by Gasteiger charge is -2.16. The van der Waals surface area contributed by atoms with Gasteiger partial charge >= 0.3 is 0 Å². The van der Waals surface area contributed by atoms with Crippen molar-refractivity contribution in [3.8, 4) is 5.75 Å². The predicted octanol–water partition coefficient (Wildman–Crippen LogP) is 4.32. The van der Waals surface area contributed by atoms with Gasteiger partial charge in [0, 0.05) is 11.1 Å². The van der Waals surface area contributed by atoms with Gasteiger partial charge in [-0.15, -0.1) is 0 Å². The van der Waals surface area contributed by atoms with Crippen molar-refractivity contribution < 1.29 is 14.3 Å². The summed E-state index contributed by atoms with van der Waals surface area (Å²) >= 11 is 0. The van der Waals surface area contributed by atoms with Gasteiger partial charge in [0.1, 0.15) is 5.75 Å². The van der Waals surface area contributed by atoms with Gasteiger partial charge in [0.25, 0.3) is 5.91 Å². The molecule has 0 unspecified atom stereocenters. The second-order valence-electron chi connectivity index (χ2n) is 5.80. The number of benzene rings is 3. The van der Waals surface area contributed by atoms with Crippen LogP contribution in [-0.2, 0) is 4.79 Å². The van der Waals surface area contributed by atoms with Crippen molar-refractivity contribution in [3.05, 3.63) is 96.1 Å². The molecular weight excluding hydrogens is 326 g/mol. The highest BCUT2D eigenvalue weighted by Crippen LogP contribution is 2.20. The fraction of sp³-hybridized carbons (Fsp3) is 0.0909. The van der Waals surface area contributed by atoms with Crippen molar-refractivity contribution in [1.29, 1.82) is 0 Å². The Hall–Kier alpha value is -3.40. The maximum atomic E-state index is 12.7. The summed E-state index contributed by atoms with van der Waals surface area (Å²) in [7, 11) is 0. The molecule has 0 fully saturated rings. The van der Waals surface area contributed by atoms with Crippen LogP contribution in [0.3, 0.4) is 0 Å². The number of carbonyl (C=O) groups is 2. The van der Waals surface area contributed by atoms with Gasteiger partial charge < -0.3 is 10.1 Å². The summed E-state index contributed by atoms with van der Waals surface area (Å²) in [6.45, 7) is 1.67. The molecule has 4 nitrogen and oxygen atoms in total. The lowest BCUT2D eigenvalue weighted by atomic mass is 10.0. The Bertz CT molecular complexity index is 892. The molecule has 0 heterocycles. The lowest BCUT2D eigenvalue weighted by Crippen LogP contribution is -2.30. The molecule has 0 bridgehead atoms. The zero-order valence-corrected chi connectivity index (χ0v) is 14.4. The summed E-state index contributed by atoms with van der Waals surface area (Å²) < 4.78 is 5.64. The van der Waals surface area contributed by atoms with Crippen LogP contribution in [0, 0.1) is 0 Å². The number of hydrogen-bond acceptors (Lipinski definition) is 3. The van der Waals surface area contributed by atoms with E-state index in [1.54, 1.807) is 55.5 Å². The Morgan fingerprint density at radius 3 is 2.08 bits per heavy atom. The van der Waals surface area contributed by atoms with Crippen molar-refractivity contribution in [1.82, 2.24) is 0 Å². The second kappa shape index (κ2) is 8.12. The average Bonchev–Trinajstić information content (AvgIpc) is 2.69. The summed E-state index contributed by atoms with van der Waals surface area (Å²) in [5.41, 5.74) is 1.48. The number of ketones is 1. The third kappa shape index (κ3) is 4.16. The largest absolute Gasteiger partial charge is 0.481 e. The van der Waals surface area contributed by atoms with Crippen molar-refractivity contribution in [2.24, 2.45) is 0 Å². The van der Waals surface area contributed by atoms with E-state index in [4.69, 9.17) is 4.74 Å². The van der Waals surface area contributed by atoms with Crippen LogP contribution in [0.15, 0.2) is 84.9 Å². The minimum atomic E-state index is -0.697. The van der Waals surface area contributed by atoms with Crippen molar-refractivity contribution in [2.75, 3.05) is 5.32 Å². The minimum absolute atomic E-state index is 0.141. The summed E-state index contributed by atoms with van der Waals surface area (Å²) in [6.07, 6.45) is -0.697. The van der Waals surface area contributed by atoms with Crippen LogP contribution < -0.4 is 10.1 Å². The maximum absolute atomic E-state index is 12.7. The van der Waals surface area contributed by atoms with Crippen molar-refractivity contribution in [3.63, 3.8) is 0 Å². The van der Waals surface area contributed by atoms with E-state index in [9.17, 15) is 9.59 Å². The lowest BCUT2D eigenvalue weighted by molar-refractivity contribution is -0.122. The van der Waals surface area contributed by atoms with E-state index >= 15 is 0 Å². The van der Waals surface area contributed by atoms with E-state index in [1.165, 1.54) is 0 Å². The zero-order chi connectivity index (χ0) is 18.4. The summed E-state index contributed by atoms with van der Waals surface area (Å²) in [5, 5.41) is 2.80. The standard InChI is InChI=1S/C22H19NO3/c1-16(26-18-12-6-3-7-13-18)22(25)23-20-15-9-8-14-19(20)21(24)17-10-4-2-5-11-17/h2-16H,1H3,(H,23,25)/t16-/m0/s1. The fourth-order valence-corrected chi connectivity index (χ4v) is 2.53. The van der Waals surface area contributed by atoms with Crippen LogP contribution in [0.5, 0.6) is 5.75 Å². The SMILES string of the molecule is C[C@H](Oc1ccccc1)C(=O)Nc1ccccc1C(=O)c1ccccc1. The molecule has 0 spiro atoms. The number of amides is 1. The van der Waals surface area contributed by atoms with Gasteiger partial charge in [0.2, 0.25) is 0 Å². The Balaban J connectivity index is 1.76. The first-order valence-electron chi connectivity index (χ1n) is 8.36. The van der Waals surface area contributed by atoms with Gasteiger partial charge in [-0.25, -0.2) is 0 Å². The zero-order valence-electron chi connectivity index (χ0n) is 14.4. The summed E-state index contributed by atoms with van der Waals surface area (Å²) in [5.74, 6) is 0.157. The maximum Gasteiger partial charge on any atom is 0.265 e. The minimum Gasteiger partial charge on any atom is -0.481 e. The summed E-state index contributed by atoms with van der Waals surface area (Å²) in [6, 6.07) is 25.1. The molecule has 0 aliphatic carbocycles. The number of nitrogens with one attached hydrogen (secondary N) is 1. The Morgan fingerprint density at radius 1 is 0.808 bits per heavy atom. The topological polar surface area (TPSA) is 55.4 Å². The molecule has 0 aliphatic heterocycles. The van der Waals surface area contributed by atoms with Crippen LogP contribution in [0.4, 0.5) is 5.69 Å². The first-order chi connectivity index (χ1) is 12.6. The van der Waals surface area contributed by atoms with E-state index < -0.39 is 6.10 Å². The number of para-hydroxylation sites is 2. The molecule has 4 heteroatoms. The van der Waals surface area contributed by atoms with E-state index in [-0.39, 0.29) is 11.7 Å². The molecule has 130 valence electrons. The fourth-order valence-electron chi connectivity index (χ4n) is 2.53. The van der Waals surface area contributed by atoms with E-state index in [0.29, 0.717) is 22.6 Å². The number of rotatable bonds is 6. The van der Waals surface area contributed by atoms with Crippen molar-refractivity contribution in [2.45, 2.75) is 13.0 Å². The highest BCUT2D eigenvalue weighted by atomic mass is 16.5. The Kier molecular flexibility index (Phi) is 5.44. The Morgan fingerprint density at radius 2 is 1.38 bits per heavy atom. The number of anilines is 1. The van der Waals surface area contributed by atoms with Gasteiger partial charge in [0.05, 0.1) is 5.69 Å². The van der Waals surface area contributed by atoms with E-state index in [2.05, 4.69) is 5.32 Å².